The molecule has 3 nitrogen and oxygen atoms in total. The molecule has 0 saturated carbocycles. The van der Waals surface area contributed by atoms with Gasteiger partial charge >= 0.3 is 0 Å². The summed E-state index contributed by atoms with van der Waals surface area (Å²) in [5, 5.41) is 0. The van der Waals surface area contributed by atoms with E-state index in [4.69, 9.17) is 5.73 Å². The molecule has 0 fully saturated rings. The van der Waals surface area contributed by atoms with Crippen LogP contribution in [0.1, 0.15) is 25.3 Å². The summed E-state index contributed by atoms with van der Waals surface area (Å²) in [7, 11) is 0. The number of benzene rings is 1. The van der Waals surface area contributed by atoms with E-state index in [-0.39, 0.29) is 0 Å². The van der Waals surface area contributed by atoms with Crippen molar-refractivity contribution in [3.8, 4) is 0 Å². The highest BCUT2D eigenvalue weighted by Gasteiger charge is 2.10. The highest BCUT2D eigenvalue weighted by atomic mass is 15.2. The van der Waals surface area contributed by atoms with E-state index in [1.807, 2.05) is 13.0 Å². The number of rotatable bonds is 5. The Morgan fingerprint density at radius 3 is 2.58 bits per heavy atom. The van der Waals surface area contributed by atoms with Gasteiger partial charge in [0.25, 0.3) is 0 Å². The van der Waals surface area contributed by atoms with Crippen molar-refractivity contribution < 1.29 is 0 Å². The average molecular weight is 255 g/mol. The van der Waals surface area contributed by atoms with Crippen LogP contribution in [0.3, 0.4) is 0 Å². The van der Waals surface area contributed by atoms with Gasteiger partial charge in [-0.3, -0.25) is 0 Å². The summed E-state index contributed by atoms with van der Waals surface area (Å²) in [6, 6.07) is 12.4. The Labute approximate surface area is 115 Å². The third-order valence-electron chi connectivity index (χ3n) is 3.22. The summed E-state index contributed by atoms with van der Waals surface area (Å²) in [5.74, 6) is 0.964. The Bertz CT molecular complexity index is 523. The summed E-state index contributed by atoms with van der Waals surface area (Å²) >= 11 is 0. The van der Waals surface area contributed by atoms with Gasteiger partial charge in [-0.25, -0.2) is 4.98 Å². The number of hydrogen-bond donors (Lipinski definition) is 1. The van der Waals surface area contributed by atoms with Crippen molar-refractivity contribution in [2.45, 2.75) is 26.7 Å². The van der Waals surface area contributed by atoms with Crippen LogP contribution in [0.25, 0.3) is 0 Å². The Kier molecular flexibility index (Phi) is 4.39. The van der Waals surface area contributed by atoms with E-state index in [9.17, 15) is 0 Å². The highest BCUT2D eigenvalue weighted by molar-refractivity contribution is 5.62. The molecule has 19 heavy (non-hydrogen) atoms. The molecular weight excluding hydrogens is 234 g/mol. The molecule has 0 aliphatic rings. The van der Waals surface area contributed by atoms with Gasteiger partial charge in [0.05, 0.1) is 11.9 Å². The van der Waals surface area contributed by atoms with Crippen LogP contribution in [0.2, 0.25) is 0 Å². The first-order valence-corrected chi connectivity index (χ1v) is 6.77. The molecule has 0 amide bonds. The molecule has 2 N–H and O–H groups in total. The fourth-order valence-electron chi connectivity index (χ4n) is 2.00. The number of nitrogen functional groups attached to an aromatic ring is 1. The molecule has 1 aromatic heterocycles. The largest absolute Gasteiger partial charge is 0.397 e. The predicted molar refractivity (Wildman–Crippen MR) is 81.7 cm³/mol. The molecule has 0 aliphatic heterocycles. The first-order valence-electron chi connectivity index (χ1n) is 6.77. The third kappa shape index (κ3) is 3.25. The molecule has 0 spiro atoms. The molecule has 0 atom stereocenters. The molecule has 2 rings (SSSR count). The van der Waals surface area contributed by atoms with Crippen molar-refractivity contribution in [3.63, 3.8) is 0 Å². The number of nitrogens with zero attached hydrogens (tertiary/aromatic N) is 2. The molecular formula is C16H21N3. The maximum atomic E-state index is 5.85. The number of anilines is 3. The Balaban J connectivity index is 2.34. The highest BCUT2D eigenvalue weighted by Crippen LogP contribution is 2.25. The molecule has 1 aromatic carbocycles. The normalized spacial score (nSPS) is 10.4. The van der Waals surface area contributed by atoms with Crippen LogP contribution in [0, 0.1) is 6.92 Å². The molecule has 2 aromatic rings. The van der Waals surface area contributed by atoms with Gasteiger partial charge in [-0.05, 0) is 37.1 Å². The second kappa shape index (κ2) is 6.23. The van der Waals surface area contributed by atoms with Crippen LogP contribution in [-0.2, 0) is 0 Å². The fraction of sp³-hybridized carbons (Fsp3) is 0.312. The van der Waals surface area contributed by atoms with Gasteiger partial charge in [0.2, 0.25) is 0 Å². The van der Waals surface area contributed by atoms with Crippen LogP contribution in [-0.4, -0.2) is 11.5 Å². The van der Waals surface area contributed by atoms with E-state index >= 15 is 0 Å². The SMILES string of the molecule is CCCCN(c1ccccc1)c1cc(C)c(N)cn1. The minimum Gasteiger partial charge on any atom is -0.397 e. The lowest BCUT2D eigenvalue weighted by Gasteiger charge is -2.24. The van der Waals surface area contributed by atoms with E-state index in [0.717, 1.165) is 36.5 Å². The second-order valence-electron chi connectivity index (χ2n) is 4.74. The van der Waals surface area contributed by atoms with Crippen molar-refractivity contribution in [2.75, 3.05) is 17.2 Å². The zero-order valence-corrected chi connectivity index (χ0v) is 11.6. The molecule has 0 aliphatic carbocycles. The standard InChI is InChI=1S/C16H21N3/c1-3-4-10-19(14-8-6-5-7-9-14)16-11-13(2)15(17)12-18-16/h5-9,11-12H,3-4,10,17H2,1-2H3. The van der Waals surface area contributed by atoms with Crippen LogP contribution < -0.4 is 10.6 Å². The Morgan fingerprint density at radius 2 is 1.95 bits per heavy atom. The summed E-state index contributed by atoms with van der Waals surface area (Å²) < 4.78 is 0. The number of para-hydroxylation sites is 1. The van der Waals surface area contributed by atoms with Gasteiger partial charge in [0.1, 0.15) is 5.82 Å². The molecule has 0 bridgehead atoms. The van der Waals surface area contributed by atoms with E-state index in [2.05, 4.69) is 47.1 Å². The van der Waals surface area contributed by atoms with Crippen LogP contribution in [0.4, 0.5) is 17.2 Å². The number of aromatic nitrogens is 1. The number of unbranched alkanes of at least 4 members (excludes halogenated alkanes) is 1. The molecule has 0 unspecified atom stereocenters. The Morgan fingerprint density at radius 1 is 1.21 bits per heavy atom. The van der Waals surface area contributed by atoms with Gasteiger partial charge in [-0.2, -0.15) is 0 Å². The number of aryl methyl sites for hydroxylation is 1. The Hall–Kier alpha value is -2.03. The van der Waals surface area contributed by atoms with E-state index in [1.165, 1.54) is 5.69 Å². The van der Waals surface area contributed by atoms with Crippen LogP contribution in [0.15, 0.2) is 42.6 Å². The lowest BCUT2D eigenvalue weighted by atomic mass is 10.2. The van der Waals surface area contributed by atoms with Gasteiger partial charge in [0, 0.05) is 12.2 Å². The van der Waals surface area contributed by atoms with Gasteiger partial charge in [-0.15, -0.1) is 0 Å². The zero-order chi connectivity index (χ0) is 13.7. The number of nitrogens with two attached hydrogens (primary N) is 1. The van der Waals surface area contributed by atoms with Gasteiger partial charge in [0.15, 0.2) is 0 Å². The lowest BCUT2D eigenvalue weighted by Crippen LogP contribution is -2.19. The van der Waals surface area contributed by atoms with Crippen molar-refractivity contribution in [1.82, 2.24) is 4.98 Å². The van der Waals surface area contributed by atoms with E-state index < -0.39 is 0 Å². The first kappa shape index (κ1) is 13.4. The maximum Gasteiger partial charge on any atom is 0.133 e. The number of hydrogen-bond acceptors (Lipinski definition) is 3. The van der Waals surface area contributed by atoms with E-state index in [0.29, 0.717) is 0 Å². The van der Waals surface area contributed by atoms with Gasteiger partial charge in [-0.1, -0.05) is 31.5 Å². The minimum atomic E-state index is 0.743. The number of pyridine rings is 1. The van der Waals surface area contributed by atoms with Crippen molar-refractivity contribution >= 4 is 17.2 Å². The summed E-state index contributed by atoms with van der Waals surface area (Å²) in [5.41, 5.74) is 8.83. The summed E-state index contributed by atoms with van der Waals surface area (Å²) in [6.07, 6.45) is 4.05. The monoisotopic (exact) mass is 255 g/mol. The summed E-state index contributed by atoms with van der Waals surface area (Å²) in [6.45, 7) is 5.19. The maximum absolute atomic E-state index is 5.85. The first-order chi connectivity index (χ1) is 9.22. The lowest BCUT2D eigenvalue weighted by molar-refractivity contribution is 0.779. The smallest absolute Gasteiger partial charge is 0.133 e. The zero-order valence-electron chi connectivity index (χ0n) is 11.6. The average Bonchev–Trinajstić information content (AvgIpc) is 2.44. The molecule has 3 heteroatoms. The van der Waals surface area contributed by atoms with E-state index in [1.54, 1.807) is 6.20 Å². The minimum absolute atomic E-state index is 0.743. The van der Waals surface area contributed by atoms with Crippen LogP contribution >= 0.6 is 0 Å². The van der Waals surface area contributed by atoms with Crippen molar-refractivity contribution in [1.29, 1.82) is 0 Å². The molecule has 0 radical (unpaired) electrons. The van der Waals surface area contributed by atoms with Crippen LogP contribution in [0.5, 0.6) is 0 Å². The topological polar surface area (TPSA) is 42.1 Å². The van der Waals surface area contributed by atoms with Crippen molar-refractivity contribution in [2.24, 2.45) is 0 Å². The fourth-order valence-corrected chi connectivity index (χ4v) is 2.00. The summed E-state index contributed by atoms with van der Waals surface area (Å²) in [4.78, 5) is 6.72. The predicted octanol–water partition coefficient (Wildman–Crippen LogP) is 3.91. The molecule has 1 heterocycles. The third-order valence-corrected chi connectivity index (χ3v) is 3.22. The molecule has 0 saturated heterocycles. The molecule has 100 valence electrons. The quantitative estimate of drug-likeness (QED) is 0.880. The second-order valence-corrected chi connectivity index (χ2v) is 4.74. The van der Waals surface area contributed by atoms with Gasteiger partial charge < -0.3 is 10.6 Å². The van der Waals surface area contributed by atoms with Crippen molar-refractivity contribution in [3.05, 3.63) is 48.2 Å².